The third-order valence-corrected chi connectivity index (χ3v) is 5.07. The van der Waals surface area contributed by atoms with E-state index in [4.69, 9.17) is 0 Å². The predicted molar refractivity (Wildman–Crippen MR) is 89.8 cm³/mol. The Bertz CT molecular complexity index is 1000. The van der Waals surface area contributed by atoms with Crippen molar-refractivity contribution in [1.82, 2.24) is 24.1 Å². The van der Waals surface area contributed by atoms with Crippen molar-refractivity contribution in [2.75, 3.05) is 0 Å². The van der Waals surface area contributed by atoms with Gasteiger partial charge in [0.1, 0.15) is 5.65 Å². The average molecular weight is 394 g/mol. The molecule has 0 unspecified atom stereocenters. The van der Waals surface area contributed by atoms with Gasteiger partial charge in [-0.05, 0) is 40.9 Å². The third kappa shape index (κ3) is 2.86. The first-order valence-corrected chi connectivity index (χ1v) is 8.87. The first-order valence-electron chi connectivity index (χ1n) is 7.09. The van der Waals surface area contributed by atoms with E-state index in [9.17, 15) is 9.59 Å². The van der Waals surface area contributed by atoms with Crippen LogP contribution in [0.5, 0.6) is 0 Å². The van der Waals surface area contributed by atoms with E-state index in [0.717, 1.165) is 17.3 Å². The van der Waals surface area contributed by atoms with Crippen molar-refractivity contribution < 1.29 is 0 Å². The molecule has 1 saturated carbocycles. The number of rotatable bonds is 4. The van der Waals surface area contributed by atoms with Gasteiger partial charge in [0.2, 0.25) is 0 Å². The molecule has 1 aliphatic carbocycles. The number of nitrogens with one attached hydrogen (secondary N) is 1. The summed E-state index contributed by atoms with van der Waals surface area (Å²) in [5.41, 5.74) is 0.956. The normalized spacial score (nSPS) is 14.5. The molecule has 0 amide bonds. The molecule has 9 heteroatoms. The lowest BCUT2D eigenvalue weighted by atomic mass is 10.4. The van der Waals surface area contributed by atoms with Crippen molar-refractivity contribution in [3.8, 4) is 0 Å². The summed E-state index contributed by atoms with van der Waals surface area (Å²) in [5.74, 6) is 0.485. The molecule has 118 valence electrons. The van der Waals surface area contributed by atoms with Crippen LogP contribution in [0, 0.1) is 0 Å². The summed E-state index contributed by atoms with van der Waals surface area (Å²) in [7, 11) is 0. The molecule has 3 aromatic rings. The molecule has 3 aromatic heterocycles. The largest absolute Gasteiger partial charge is 0.344 e. The Morgan fingerprint density at radius 2 is 2.17 bits per heavy atom. The van der Waals surface area contributed by atoms with Gasteiger partial charge in [-0.3, -0.25) is 13.8 Å². The molecule has 1 aliphatic rings. The van der Waals surface area contributed by atoms with E-state index in [0.29, 0.717) is 22.3 Å². The van der Waals surface area contributed by atoms with Crippen LogP contribution in [0.15, 0.2) is 43.6 Å². The van der Waals surface area contributed by atoms with Crippen molar-refractivity contribution in [2.24, 2.45) is 0 Å². The lowest BCUT2D eigenvalue weighted by Gasteiger charge is -2.05. The van der Waals surface area contributed by atoms with Crippen LogP contribution in [-0.4, -0.2) is 24.1 Å². The van der Waals surface area contributed by atoms with Crippen LogP contribution < -0.4 is 11.2 Å². The minimum Gasteiger partial charge on any atom is -0.269 e. The Balaban J connectivity index is 1.62. The zero-order valence-corrected chi connectivity index (χ0v) is 14.3. The summed E-state index contributed by atoms with van der Waals surface area (Å²) >= 11 is 4.75. The van der Waals surface area contributed by atoms with Gasteiger partial charge >= 0.3 is 5.69 Å². The molecule has 0 saturated heterocycles. The van der Waals surface area contributed by atoms with E-state index in [1.54, 1.807) is 16.8 Å². The maximum atomic E-state index is 12.2. The lowest BCUT2D eigenvalue weighted by molar-refractivity contribution is 0.642. The molecule has 4 rings (SSSR count). The fraction of sp³-hybridized carbons (Fsp3) is 0.286. The second-order valence-electron chi connectivity index (χ2n) is 5.36. The number of hydrogen-bond donors (Lipinski definition) is 1. The number of halogens is 1. The fourth-order valence-corrected chi connectivity index (χ4v) is 3.63. The van der Waals surface area contributed by atoms with E-state index >= 15 is 0 Å². The van der Waals surface area contributed by atoms with Crippen LogP contribution in [-0.2, 0) is 5.75 Å². The number of H-pyrrole nitrogens is 1. The Hall–Kier alpha value is -1.87. The van der Waals surface area contributed by atoms with Crippen LogP contribution in [0.3, 0.4) is 0 Å². The summed E-state index contributed by atoms with van der Waals surface area (Å²) in [5, 5.41) is 7.20. The number of aromatic nitrogens is 5. The summed E-state index contributed by atoms with van der Waals surface area (Å²) in [6.07, 6.45) is 3.72. The van der Waals surface area contributed by atoms with Crippen molar-refractivity contribution in [1.29, 1.82) is 0 Å². The van der Waals surface area contributed by atoms with Crippen molar-refractivity contribution >= 4 is 33.3 Å². The number of fused-ring (bicyclic) bond motifs is 1. The summed E-state index contributed by atoms with van der Waals surface area (Å²) in [6, 6.07) is 5.40. The van der Waals surface area contributed by atoms with E-state index in [2.05, 4.69) is 31.1 Å². The van der Waals surface area contributed by atoms with Gasteiger partial charge in [0.25, 0.3) is 5.56 Å². The van der Waals surface area contributed by atoms with Crippen molar-refractivity contribution in [2.45, 2.75) is 29.8 Å². The van der Waals surface area contributed by atoms with Gasteiger partial charge in [-0.1, -0.05) is 11.8 Å². The molecule has 0 bridgehead atoms. The number of pyridine rings is 1. The van der Waals surface area contributed by atoms with Crippen LogP contribution in [0.1, 0.15) is 24.6 Å². The maximum Gasteiger partial charge on any atom is 0.344 e. The second kappa shape index (κ2) is 5.64. The first kappa shape index (κ1) is 14.7. The standard InChI is InChI=1S/C14H12BrN5O2S/c15-8-1-4-11-16-9(5-12(21)19(11)6-8)7-23-14-18-17-13(22)20(14)10-2-3-10/h1,4-6,10H,2-3,7H2,(H,17,22). The summed E-state index contributed by atoms with van der Waals surface area (Å²) in [4.78, 5) is 28.4. The molecule has 0 radical (unpaired) electrons. The van der Waals surface area contributed by atoms with E-state index < -0.39 is 0 Å². The van der Waals surface area contributed by atoms with Gasteiger partial charge in [-0.25, -0.2) is 14.9 Å². The van der Waals surface area contributed by atoms with Gasteiger partial charge in [-0.15, -0.1) is 5.10 Å². The Morgan fingerprint density at radius 3 is 2.96 bits per heavy atom. The zero-order valence-electron chi connectivity index (χ0n) is 11.9. The third-order valence-electron chi connectivity index (χ3n) is 3.61. The summed E-state index contributed by atoms with van der Waals surface area (Å²) < 4.78 is 4.00. The van der Waals surface area contributed by atoms with Crippen LogP contribution in [0.2, 0.25) is 0 Å². The van der Waals surface area contributed by atoms with Crippen LogP contribution in [0.25, 0.3) is 5.65 Å². The van der Waals surface area contributed by atoms with Gasteiger partial charge < -0.3 is 0 Å². The minimum absolute atomic E-state index is 0.131. The molecule has 0 aliphatic heterocycles. The second-order valence-corrected chi connectivity index (χ2v) is 7.22. The Labute approximate surface area is 142 Å². The van der Waals surface area contributed by atoms with Gasteiger partial charge in [0.05, 0.1) is 5.69 Å². The molecule has 3 heterocycles. The van der Waals surface area contributed by atoms with Gasteiger partial charge in [0, 0.05) is 28.5 Å². The van der Waals surface area contributed by atoms with Crippen LogP contribution >= 0.6 is 27.7 Å². The predicted octanol–water partition coefficient (Wildman–Crippen LogP) is 1.97. The molecular formula is C14H12BrN5O2S. The first-order chi connectivity index (χ1) is 11.1. The zero-order chi connectivity index (χ0) is 16.0. The molecular weight excluding hydrogens is 382 g/mol. The smallest absolute Gasteiger partial charge is 0.269 e. The molecule has 7 nitrogen and oxygen atoms in total. The molecule has 0 atom stereocenters. The fourth-order valence-electron chi connectivity index (χ4n) is 2.39. The van der Waals surface area contributed by atoms with E-state index in [1.165, 1.54) is 22.2 Å². The number of aromatic amines is 1. The lowest BCUT2D eigenvalue weighted by Crippen LogP contribution is -2.16. The highest BCUT2D eigenvalue weighted by Crippen LogP contribution is 2.36. The maximum absolute atomic E-state index is 12.2. The van der Waals surface area contributed by atoms with Gasteiger partial charge in [-0.2, -0.15) is 0 Å². The highest BCUT2D eigenvalue weighted by Gasteiger charge is 2.28. The monoisotopic (exact) mass is 393 g/mol. The topological polar surface area (TPSA) is 85.1 Å². The highest BCUT2D eigenvalue weighted by atomic mass is 79.9. The van der Waals surface area contributed by atoms with Gasteiger partial charge in [0.15, 0.2) is 5.16 Å². The average Bonchev–Trinajstić information content (AvgIpc) is 3.29. The van der Waals surface area contributed by atoms with Crippen LogP contribution in [0.4, 0.5) is 0 Å². The Kier molecular flexibility index (Phi) is 3.61. The number of hydrogen-bond acceptors (Lipinski definition) is 5. The molecule has 1 N–H and O–H groups in total. The van der Waals surface area contributed by atoms with E-state index in [-0.39, 0.29) is 17.3 Å². The van der Waals surface area contributed by atoms with E-state index in [1.807, 2.05) is 6.07 Å². The Morgan fingerprint density at radius 1 is 1.35 bits per heavy atom. The minimum atomic E-state index is -0.175. The molecule has 0 spiro atoms. The highest BCUT2D eigenvalue weighted by molar-refractivity contribution is 9.10. The molecule has 0 aromatic carbocycles. The van der Waals surface area contributed by atoms with Crippen molar-refractivity contribution in [3.63, 3.8) is 0 Å². The quantitative estimate of drug-likeness (QED) is 0.684. The number of thioether (sulfide) groups is 1. The molecule has 23 heavy (non-hydrogen) atoms. The molecule has 1 fully saturated rings. The number of nitrogens with zero attached hydrogens (tertiary/aromatic N) is 4. The van der Waals surface area contributed by atoms with Crippen molar-refractivity contribution in [3.05, 3.63) is 55.4 Å². The SMILES string of the molecule is O=c1[nH]nc(SCc2cc(=O)n3cc(Br)ccc3n2)n1C1CC1. The summed E-state index contributed by atoms with van der Waals surface area (Å²) in [6.45, 7) is 0.